The molecule has 3 heterocycles. The molecule has 0 fully saturated rings. The van der Waals surface area contributed by atoms with Crippen molar-refractivity contribution < 1.29 is 28.7 Å². The molecule has 0 spiro atoms. The van der Waals surface area contributed by atoms with Crippen molar-refractivity contribution in [1.82, 2.24) is 19.7 Å². The van der Waals surface area contributed by atoms with E-state index < -0.39 is 22.6 Å². The van der Waals surface area contributed by atoms with Crippen LogP contribution in [0.1, 0.15) is 67.2 Å². The van der Waals surface area contributed by atoms with E-state index in [-0.39, 0.29) is 12.2 Å². The minimum atomic E-state index is -0.644. The number of unbranched alkanes of at least 4 members (excludes halogenated alkanes) is 2. The molecule has 4 rings (SSSR count). The predicted molar refractivity (Wildman–Crippen MR) is 171 cm³/mol. The van der Waals surface area contributed by atoms with Crippen molar-refractivity contribution in [2.75, 3.05) is 32.1 Å². The number of ether oxygens (including phenoxy) is 3. The fraction of sp³-hybridized carbons (Fsp3) is 0.484. The number of rotatable bonds is 11. The molecule has 0 bridgehead atoms. The van der Waals surface area contributed by atoms with Gasteiger partial charge in [0, 0.05) is 41.9 Å². The zero-order chi connectivity index (χ0) is 32.9. The molecule has 2 aromatic heterocycles. The number of pyridine rings is 1. The van der Waals surface area contributed by atoms with Gasteiger partial charge in [-0.3, -0.25) is 15.1 Å². The lowest BCUT2D eigenvalue weighted by atomic mass is 9.96. The second-order valence-electron chi connectivity index (χ2n) is 11.8. The zero-order valence-electron chi connectivity index (χ0n) is 26.4. The summed E-state index contributed by atoms with van der Waals surface area (Å²) in [5.41, 5.74) is 3.71. The Labute approximate surface area is 270 Å². The fourth-order valence-corrected chi connectivity index (χ4v) is 5.77. The Balaban J connectivity index is 1.37. The van der Waals surface area contributed by atoms with E-state index in [0.717, 1.165) is 30.4 Å². The van der Waals surface area contributed by atoms with Crippen molar-refractivity contribution in [3.8, 4) is 17.1 Å². The molecule has 1 aromatic carbocycles. The molecule has 3 aromatic rings. The molecule has 13 nitrogen and oxygen atoms in total. The Kier molecular flexibility index (Phi) is 10.7. The first-order chi connectivity index (χ1) is 21.3. The summed E-state index contributed by atoms with van der Waals surface area (Å²) in [6, 6.07) is 4.85. The van der Waals surface area contributed by atoms with Crippen LogP contribution in [0.15, 0.2) is 28.9 Å². The lowest BCUT2D eigenvalue weighted by Crippen LogP contribution is -2.40. The van der Waals surface area contributed by atoms with Crippen LogP contribution in [-0.2, 0) is 29.5 Å². The van der Waals surface area contributed by atoms with E-state index in [9.17, 15) is 19.7 Å². The Bertz CT molecular complexity index is 1580. The summed E-state index contributed by atoms with van der Waals surface area (Å²) in [7, 11) is 3.11. The van der Waals surface area contributed by atoms with Crippen molar-refractivity contribution in [2.45, 2.75) is 65.5 Å². The van der Waals surface area contributed by atoms with Gasteiger partial charge in [0.2, 0.25) is 5.88 Å². The fourth-order valence-electron chi connectivity index (χ4n) is 5.12. The molecule has 45 heavy (non-hydrogen) atoms. The van der Waals surface area contributed by atoms with E-state index in [0.29, 0.717) is 64.7 Å². The number of aromatic nitrogens is 3. The Hall–Kier alpha value is -4.20. The van der Waals surface area contributed by atoms with Crippen LogP contribution < -0.4 is 10.1 Å². The normalized spacial score (nSPS) is 12.8. The SMILES string of the molecule is COC(=O)c1cc(C)nc(-c2cnn(C)c2OCCCCCNc2c([N+](=O)[O-])cc(Br)c3c2CN(C(=O)OC(C)(C)C)CC3)c1. The highest BCUT2D eigenvalue weighted by atomic mass is 79.9. The maximum atomic E-state index is 12.8. The quantitative estimate of drug-likeness (QED) is 0.107. The number of carbonyl (C=O) groups is 2. The summed E-state index contributed by atoms with van der Waals surface area (Å²) < 4.78 is 18.8. The number of halogens is 1. The van der Waals surface area contributed by atoms with Gasteiger partial charge in [0.05, 0.1) is 48.2 Å². The van der Waals surface area contributed by atoms with Gasteiger partial charge in [0.25, 0.3) is 5.69 Å². The summed E-state index contributed by atoms with van der Waals surface area (Å²) in [5, 5.41) is 19.6. The number of amides is 1. The molecule has 0 radical (unpaired) electrons. The number of esters is 1. The number of hydrogen-bond donors (Lipinski definition) is 1. The maximum Gasteiger partial charge on any atom is 0.410 e. The average Bonchev–Trinajstić information content (AvgIpc) is 3.35. The van der Waals surface area contributed by atoms with E-state index in [1.54, 1.807) is 62.7 Å². The van der Waals surface area contributed by atoms with Crippen LogP contribution in [0, 0.1) is 17.0 Å². The molecule has 1 aliphatic heterocycles. The second-order valence-corrected chi connectivity index (χ2v) is 12.7. The molecule has 0 saturated heterocycles. The first-order valence-corrected chi connectivity index (χ1v) is 15.5. The molecule has 1 aliphatic rings. The molecular formula is C31H39BrN6O7. The predicted octanol–water partition coefficient (Wildman–Crippen LogP) is 6.20. The summed E-state index contributed by atoms with van der Waals surface area (Å²) in [4.78, 5) is 42.6. The molecule has 242 valence electrons. The van der Waals surface area contributed by atoms with Gasteiger partial charge >= 0.3 is 12.1 Å². The molecule has 1 N–H and O–H groups in total. The van der Waals surface area contributed by atoms with Gasteiger partial charge in [-0.25, -0.2) is 14.3 Å². The number of fused-ring (bicyclic) bond motifs is 1. The van der Waals surface area contributed by atoms with Gasteiger partial charge in [0.1, 0.15) is 11.3 Å². The number of nitrogens with one attached hydrogen (secondary N) is 1. The standard InChI is InChI=1S/C31H39BrN6O7/c1-19-14-20(29(39)43-6)15-25(35-19)22-17-34-36(5)28(22)44-13-9-7-8-11-33-27-23-18-37(30(40)45-31(2,3)4)12-10-21(23)24(32)16-26(27)38(41)42/h14-17,33H,7-13,18H2,1-6H3. The van der Waals surface area contributed by atoms with E-state index in [2.05, 4.69) is 31.3 Å². The number of hydrogen-bond acceptors (Lipinski definition) is 10. The van der Waals surface area contributed by atoms with Gasteiger partial charge in [-0.15, -0.1) is 0 Å². The van der Waals surface area contributed by atoms with E-state index >= 15 is 0 Å². The Morgan fingerprint density at radius 1 is 1.16 bits per heavy atom. The van der Waals surface area contributed by atoms with Crippen molar-refractivity contribution in [1.29, 1.82) is 0 Å². The smallest absolute Gasteiger partial charge is 0.410 e. The van der Waals surface area contributed by atoms with Gasteiger partial charge < -0.3 is 24.4 Å². The molecular weight excluding hydrogens is 648 g/mol. The molecule has 0 saturated carbocycles. The van der Waals surface area contributed by atoms with Crippen LogP contribution in [-0.4, -0.2) is 69.1 Å². The maximum absolute atomic E-state index is 12.8. The molecule has 1 amide bonds. The number of nitro groups is 1. The van der Waals surface area contributed by atoms with Gasteiger partial charge in [-0.05, 0) is 71.1 Å². The number of nitrogens with zero attached hydrogens (tertiary/aromatic N) is 5. The number of methoxy groups -OCH3 is 1. The highest BCUT2D eigenvalue weighted by molar-refractivity contribution is 9.10. The van der Waals surface area contributed by atoms with E-state index in [1.165, 1.54) is 13.2 Å². The highest BCUT2D eigenvalue weighted by Crippen LogP contribution is 2.39. The molecule has 0 aliphatic carbocycles. The summed E-state index contributed by atoms with van der Waals surface area (Å²) in [5.74, 6) is 0.0877. The third-order valence-corrected chi connectivity index (χ3v) is 7.91. The minimum Gasteiger partial charge on any atom is -0.477 e. The van der Waals surface area contributed by atoms with Crippen LogP contribution in [0.4, 0.5) is 16.2 Å². The third kappa shape index (κ3) is 8.29. The molecule has 0 unspecified atom stereocenters. The first-order valence-electron chi connectivity index (χ1n) is 14.7. The van der Waals surface area contributed by atoms with Crippen LogP contribution in [0.25, 0.3) is 11.3 Å². The van der Waals surface area contributed by atoms with E-state index in [1.807, 2.05) is 0 Å². The number of nitro benzene ring substituents is 1. The largest absolute Gasteiger partial charge is 0.477 e. The van der Waals surface area contributed by atoms with Crippen LogP contribution >= 0.6 is 15.9 Å². The zero-order valence-corrected chi connectivity index (χ0v) is 28.0. The van der Waals surface area contributed by atoms with Gasteiger partial charge in [-0.1, -0.05) is 15.9 Å². The summed E-state index contributed by atoms with van der Waals surface area (Å²) in [6.07, 6.45) is 4.02. The number of anilines is 1. The lowest BCUT2D eigenvalue weighted by molar-refractivity contribution is -0.384. The van der Waals surface area contributed by atoms with Gasteiger partial charge in [0.15, 0.2) is 0 Å². The number of carbonyl (C=O) groups excluding carboxylic acids is 2. The third-order valence-electron chi connectivity index (χ3n) is 7.20. The second kappa shape index (κ2) is 14.3. The van der Waals surface area contributed by atoms with Crippen molar-refractivity contribution >= 4 is 39.4 Å². The van der Waals surface area contributed by atoms with Crippen molar-refractivity contribution in [2.24, 2.45) is 7.05 Å². The average molecular weight is 688 g/mol. The van der Waals surface area contributed by atoms with Crippen LogP contribution in [0.2, 0.25) is 0 Å². The molecule has 0 atom stereocenters. The van der Waals surface area contributed by atoms with E-state index in [4.69, 9.17) is 14.2 Å². The number of benzene rings is 1. The monoisotopic (exact) mass is 686 g/mol. The van der Waals surface area contributed by atoms with Crippen LogP contribution in [0.3, 0.4) is 0 Å². The molecule has 14 heteroatoms. The highest BCUT2D eigenvalue weighted by Gasteiger charge is 2.31. The first kappa shape index (κ1) is 33.7. The minimum absolute atomic E-state index is 0.0427. The Morgan fingerprint density at radius 3 is 2.60 bits per heavy atom. The van der Waals surface area contributed by atoms with Crippen LogP contribution in [0.5, 0.6) is 5.88 Å². The topological polar surface area (TPSA) is 151 Å². The Morgan fingerprint density at radius 2 is 1.91 bits per heavy atom. The summed E-state index contributed by atoms with van der Waals surface area (Å²) in [6.45, 7) is 8.82. The summed E-state index contributed by atoms with van der Waals surface area (Å²) >= 11 is 3.50. The lowest BCUT2D eigenvalue weighted by Gasteiger charge is -2.32. The van der Waals surface area contributed by atoms with Crippen molar-refractivity contribution in [3.05, 3.63) is 61.4 Å². The number of aryl methyl sites for hydroxylation is 2. The van der Waals surface area contributed by atoms with Crippen molar-refractivity contribution in [3.63, 3.8) is 0 Å². The van der Waals surface area contributed by atoms with Gasteiger partial charge in [-0.2, -0.15) is 5.10 Å².